The molecule has 0 atom stereocenters. The van der Waals surface area contributed by atoms with Crippen LogP contribution in [0.2, 0.25) is 0 Å². The molecule has 0 amide bonds. The molecule has 0 aliphatic carbocycles. The maximum absolute atomic E-state index is 2.31. The Bertz CT molecular complexity index is 447. The maximum Gasteiger partial charge on any atom is -0.0164 e. The van der Waals surface area contributed by atoms with Gasteiger partial charge in [0, 0.05) is 0 Å². The Hall–Kier alpha value is -1.04. The molecule has 0 N–H and O–H groups in total. The van der Waals surface area contributed by atoms with E-state index in [1.54, 1.807) is 11.1 Å². The molecule has 0 aliphatic rings. The van der Waals surface area contributed by atoms with Crippen molar-refractivity contribution in [3.8, 4) is 0 Å². The lowest BCUT2D eigenvalue weighted by Crippen LogP contribution is -1.99. The van der Waals surface area contributed by atoms with E-state index in [9.17, 15) is 0 Å². The standard InChI is InChI=1S/C18H28/c1-8-17(15(6)11-12(2)3)18-14(5)10-9-13(4)16(18)7/h9-10,12H,8,11H2,1-7H3/b17-15+. The lowest BCUT2D eigenvalue weighted by atomic mass is 9.87. The average molecular weight is 244 g/mol. The van der Waals surface area contributed by atoms with E-state index in [0.29, 0.717) is 0 Å². The van der Waals surface area contributed by atoms with Gasteiger partial charge in [0.1, 0.15) is 0 Å². The Labute approximate surface area is 113 Å². The topological polar surface area (TPSA) is 0 Å². The minimum absolute atomic E-state index is 0.733. The van der Waals surface area contributed by atoms with E-state index in [0.717, 1.165) is 12.3 Å². The summed E-state index contributed by atoms with van der Waals surface area (Å²) < 4.78 is 0. The molecular formula is C18H28. The van der Waals surface area contributed by atoms with Gasteiger partial charge in [-0.05, 0) is 74.3 Å². The monoisotopic (exact) mass is 244 g/mol. The molecule has 0 fully saturated rings. The van der Waals surface area contributed by atoms with Crippen molar-refractivity contribution in [1.82, 2.24) is 0 Å². The van der Waals surface area contributed by atoms with E-state index in [1.807, 2.05) is 0 Å². The molecule has 1 rings (SSSR count). The Kier molecular flexibility index (Phi) is 5.19. The fraction of sp³-hybridized carbons (Fsp3) is 0.556. The highest BCUT2D eigenvalue weighted by atomic mass is 14.2. The summed E-state index contributed by atoms with van der Waals surface area (Å²) in [5.41, 5.74) is 8.88. The quantitative estimate of drug-likeness (QED) is 0.624. The molecule has 100 valence electrons. The van der Waals surface area contributed by atoms with Crippen LogP contribution in [0.3, 0.4) is 0 Å². The van der Waals surface area contributed by atoms with Gasteiger partial charge < -0.3 is 0 Å². The SMILES string of the molecule is CC/C(=C(/C)CC(C)C)c1c(C)ccc(C)c1C. The van der Waals surface area contributed by atoms with E-state index >= 15 is 0 Å². The fourth-order valence-corrected chi connectivity index (χ4v) is 2.84. The third-order valence-corrected chi connectivity index (χ3v) is 3.83. The first-order valence-electron chi connectivity index (χ1n) is 7.14. The average Bonchev–Trinajstić information content (AvgIpc) is 2.28. The zero-order chi connectivity index (χ0) is 13.9. The van der Waals surface area contributed by atoms with Crippen LogP contribution in [0.4, 0.5) is 0 Å². The Morgan fingerprint density at radius 2 is 1.61 bits per heavy atom. The van der Waals surface area contributed by atoms with Gasteiger partial charge in [-0.2, -0.15) is 0 Å². The van der Waals surface area contributed by atoms with Gasteiger partial charge in [-0.15, -0.1) is 0 Å². The van der Waals surface area contributed by atoms with Gasteiger partial charge in [0.2, 0.25) is 0 Å². The lowest BCUT2D eigenvalue weighted by molar-refractivity contribution is 0.642. The second-order valence-electron chi connectivity index (χ2n) is 5.91. The first-order chi connectivity index (χ1) is 8.38. The van der Waals surface area contributed by atoms with Gasteiger partial charge in [0.25, 0.3) is 0 Å². The minimum Gasteiger partial charge on any atom is -0.0693 e. The summed E-state index contributed by atoms with van der Waals surface area (Å²) in [5, 5.41) is 0. The van der Waals surface area contributed by atoms with Crippen molar-refractivity contribution < 1.29 is 0 Å². The maximum atomic E-state index is 2.31. The number of allylic oxidation sites excluding steroid dienone is 2. The second-order valence-corrected chi connectivity index (χ2v) is 5.91. The highest BCUT2D eigenvalue weighted by Gasteiger charge is 2.12. The normalized spacial score (nSPS) is 12.9. The third-order valence-electron chi connectivity index (χ3n) is 3.83. The number of aryl methyl sites for hydroxylation is 2. The number of hydrogen-bond acceptors (Lipinski definition) is 0. The highest BCUT2D eigenvalue weighted by Crippen LogP contribution is 2.32. The van der Waals surface area contributed by atoms with Crippen molar-refractivity contribution in [2.45, 2.75) is 61.3 Å². The van der Waals surface area contributed by atoms with Crippen molar-refractivity contribution in [3.05, 3.63) is 40.0 Å². The molecule has 0 aliphatic heterocycles. The van der Waals surface area contributed by atoms with Crippen LogP contribution in [-0.2, 0) is 0 Å². The van der Waals surface area contributed by atoms with Crippen molar-refractivity contribution in [2.75, 3.05) is 0 Å². The lowest BCUT2D eigenvalue weighted by Gasteiger charge is -2.19. The van der Waals surface area contributed by atoms with Gasteiger partial charge in [0.05, 0.1) is 0 Å². The summed E-state index contributed by atoms with van der Waals surface area (Å²) in [6.45, 7) is 15.9. The van der Waals surface area contributed by atoms with Gasteiger partial charge in [0.15, 0.2) is 0 Å². The van der Waals surface area contributed by atoms with Gasteiger partial charge >= 0.3 is 0 Å². The first kappa shape index (κ1) is 15.0. The Morgan fingerprint density at radius 3 is 2.11 bits per heavy atom. The molecule has 0 radical (unpaired) electrons. The van der Waals surface area contributed by atoms with Gasteiger partial charge in [-0.3, -0.25) is 0 Å². The molecule has 0 saturated carbocycles. The minimum atomic E-state index is 0.733. The Balaban J connectivity index is 3.37. The Morgan fingerprint density at radius 1 is 1.06 bits per heavy atom. The first-order valence-corrected chi connectivity index (χ1v) is 7.14. The molecule has 0 heteroatoms. The van der Waals surface area contributed by atoms with Crippen LogP contribution in [0.1, 0.15) is 62.8 Å². The summed E-state index contributed by atoms with van der Waals surface area (Å²) in [6.07, 6.45) is 2.33. The molecule has 0 aromatic heterocycles. The van der Waals surface area contributed by atoms with E-state index in [1.165, 1.54) is 28.7 Å². The van der Waals surface area contributed by atoms with Crippen LogP contribution < -0.4 is 0 Å². The molecule has 1 aromatic carbocycles. The molecule has 0 saturated heterocycles. The van der Waals surface area contributed by atoms with Crippen molar-refractivity contribution in [1.29, 1.82) is 0 Å². The van der Waals surface area contributed by atoms with Crippen molar-refractivity contribution in [3.63, 3.8) is 0 Å². The predicted molar refractivity (Wildman–Crippen MR) is 83.0 cm³/mol. The van der Waals surface area contributed by atoms with Crippen LogP contribution in [0.25, 0.3) is 5.57 Å². The van der Waals surface area contributed by atoms with Crippen LogP contribution in [-0.4, -0.2) is 0 Å². The molecule has 0 spiro atoms. The van der Waals surface area contributed by atoms with E-state index in [4.69, 9.17) is 0 Å². The molecule has 0 nitrogen and oxygen atoms in total. The smallest absolute Gasteiger partial charge is 0.0164 e. The zero-order valence-electron chi connectivity index (χ0n) is 13.1. The van der Waals surface area contributed by atoms with E-state index in [2.05, 4.69) is 60.6 Å². The fourth-order valence-electron chi connectivity index (χ4n) is 2.84. The van der Waals surface area contributed by atoms with Crippen LogP contribution in [0, 0.1) is 26.7 Å². The van der Waals surface area contributed by atoms with E-state index < -0.39 is 0 Å². The molecule has 0 bridgehead atoms. The van der Waals surface area contributed by atoms with Crippen LogP contribution >= 0.6 is 0 Å². The second kappa shape index (κ2) is 6.22. The zero-order valence-corrected chi connectivity index (χ0v) is 13.1. The third kappa shape index (κ3) is 3.25. The summed E-state index contributed by atoms with van der Waals surface area (Å²) in [7, 11) is 0. The van der Waals surface area contributed by atoms with Gasteiger partial charge in [-0.25, -0.2) is 0 Å². The summed E-state index contributed by atoms with van der Waals surface area (Å²) in [4.78, 5) is 0. The van der Waals surface area contributed by atoms with E-state index in [-0.39, 0.29) is 0 Å². The molecule has 0 unspecified atom stereocenters. The molecule has 1 aromatic rings. The number of rotatable bonds is 4. The molecule has 0 heterocycles. The summed E-state index contributed by atoms with van der Waals surface area (Å²) >= 11 is 0. The van der Waals surface area contributed by atoms with Crippen molar-refractivity contribution in [2.24, 2.45) is 5.92 Å². The van der Waals surface area contributed by atoms with Gasteiger partial charge in [-0.1, -0.05) is 38.5 Å². The van der Waals surface area contributed by atoms with Crippen LogP contribution in [0.15, 0.2) is 17.7 Å². The van der Waals surface area contributed by atoms with Crippen molar-refractivity contribution >= 4 is 5.57 Å². The largest absolute Gasteiger partial charge is 0.0693 e. The molecule has 18 heavy (non-hydrogen) atoms. The molecular weight excluding hydrogens is 216 g/mol. The highest BCUT2D eigenvalue weighted by molar-refractivity contribution is 5.73. The van der Waals surface area contributed by atoms with Crippen LogP contribution in [0.5, 0.6) is 0 Å². The summed E-state index contributed by atoms with van der Waals surface area (Å²) in [5.74, 6) is 0.733. The predicted octanol–water partition coefficient (Wildman–Crippen LogP) is 5.84. The number of benzene rings is 1. The summed E-state index contributed by atoms with van der Waals surface area (Å²) in [6, 6.07) is 4.50. The number of hydrogen-bond donors (Lipinski definition) is 0.